The molecule has 7 heteroatoms. The van der Waals surface area contributed by atoms with Crippen LogP contribution >= 0.6 is 0 Å². The van der Waals surface area contributed by atoms with E-state index in [0.717, 1.165) is 29.9 Å². The molecule has 1 aliphatic heterocycles. The lowest BCUT2D eigenvalue weighted by molar-refractivity contribution is -0.145. The third-order valence-electron chi connectivity index (χ3n) is 10.2. The monoisotopic (exact) mass is 544 g/mol. The summed E-state index contributed by atoms with van der Waals surface area (Å²) in [6.07, 6.45) is 3.75. The van der Waals surface area contributed by atoms with Gasteiger partial charge < -0.3 is 25.2 Å². The molecule has 2 aromatic carbocycles. The second-order valence-electron chi connectivity index (χ2n) is 12.6. The van der Waals surface area contributed by atoms with Crippen molar-refractivity contribution >= 4 is 11.8 Å². The van der Waals surface area contributed by atoms with E-state index in [1.807, 2.05) is 59.5 Å². The molecule has 40 heavy (non-hydrogen) atoms. The summed E-state index contributed by atoms with van der Waals surface area (Å²) in [5.74, 6) is 1.45. The number of hydrogen-bond donors (Lipinski definition) is 3. The highest BCUT2D eigenvalue weighted by molar-refractivity contribution is 5.96. The Morgan fingerprint density at radius 1 is 1.07 bits per heavy atom. The number of rotatable bonds is 8. The van der Waals surface area contributed by atoms with E-state index in [2.05, 4.69) is 19.2 Å². The molecule has 0 aromatic heterocycles. The minimum Gasteiger partial charge on any atom is -0.486 e. The Morgan fingerprint density at radius 2 is 1.82 bits per heavy atom. The molecule has 0 radical (unpaired) electrons. The van der Waals surface area contributed by atoms with Gasteiger partial charge in [0.05, 0.1) is 25.0 Å². The molecular formula is C33H40N2O5. The molecule has 3 N–H and O–H groups in total. The van der Waals surface area contributed by atoms with Gasteiger partial charge in [-0.2, -0.15) is 0 Å². The Bertz CT molecular complexity index is 1290. The summed E-state index contributed by atoms with van der Waals surface area (Å²) in [4.78, 5) is 29.4. The first-order valence-corrected chi connectivity index (χ1v) is 14.7. The van der Waals surface area contributed by atoms with Crippen molar-refractivity contribution in [2.75, 3.05) is 19.7 Å². The zero-order valence-electron chi connectivity index (χ0n) is 23.3. The lowest BCUT2D eigenvalue weighted by atomic mass is 9.45. The van der Waals surface area contributed by atoms with Crippen LogP contribution in [-0.2, 0) is 16.0 Å². The van der Waals surface area contributed by atoms with E-state index in [0.29, 0.717) is 29.7 Å². The first-order chi connectivity index (χ1) is 19.3. The molecular weight excluding hydrogens is 504 g/mol. The number of fused-ring (bicyclic) bond motifs is 5. The maximum absolute atomic E-state index is 14.1. The number of aliphatic hydroxyl groups excluding tert-OH is 2. The van der Waals surface area contributed by atoms with Crippen LogP contribution in [0.2, 0.25) is 0 Å². The van der Waals surface area contributed by atoms with Crippen LogP contribution < -0.4 is 10.1 Å². The molecule has 7 nitrogen and oxygen atoms in total. The van der Waals surface area contributed by atoms with Crippen LogP contribution in [0, 0.1) is 23.2 Å². The smallest absolute Gasteiger partial charge is 0.247 e. The maximum Gasteiger partial charge on any atom is 0.247 e. The molecule has 3 fully saturated rings. The van der Waals surface area contributed by atoms with E-state index < -0.39 is 24.2 Å². The van der Waals surface area contributed by atoms with Gasteiger partial charge in [0.25, 0.3) is 0 Å². The van der Waals surface area contributed by atoms with Gasteiger partial charge in [-0.05, 0) is 60.1 Å². The first kappa shape index (κ1) is 27.0. The maximum atomic E-state index is 14.1. The van der Waals surface area contributed by atoms with Crippen molar-refractivity contribution < 1.29 is 24.5 Å². The SMILES string of the molecule is CC1(C)[C@H]2CC[C@@H](CN(C(=O)Cc3ccccc3)[C@@H]3C=C(C(=O)NCCO)[C@@H]4c5ccccc5O[C@@H]4[C@H]3O)[C@@H]1C2. The molecule has 0 saturated heterocycles. The third-order valence-corrected chi connectivity index (χ3v) is 10.2. The molecule has 2 amide bonds. The Balaban J connectivity index is 1.37. The first-order valence-electron chi connectivity index (χ1n) is 14.7. The second kappa shape index (κ2) is 10.7. The van der Waals surface area contributed by atoms with E-state index in [1.165, 1.54) is 6.42 Å². The van der Waals surface area contributed by atoms with Crippen molar-refractivity contribution in [3.8, 4) is 5.75 Å². The van der Waals surface area contributed by atoms with Gasteiger partial charge in [0, 0.05) is 24.2 Å². The molecule has 2 aromatic rings. The average Bonchev–Trinajstić information content (AvgIpc) is 3.36. The average molecular weight is 545 g/mol. The highest BCUT2D eigenvalue weighted by atomic mass is 16.5. The van der Waals surface area contributed by atoms with E-state index in [1.54, 1.807) is 6.08 Å². The van der Waals surface area contributed by atoms with Gasteiger partial charge in [-0.3, -0.25) is 9.59 Å². The molecule has 0 spiro atoms. The van der Waals surface area contributed by atoms with Gasteiger partial charge in [0.2, 0.25) is 11.8 Å². The molecule has 2 bridgehead atoms. The van der Waals surface area contributed by atoms with Crippen LogP contribution in [0.1, 0.15) is 50.2 Å². The summed E-state index contributed by atoms with van der Waals surface area (Å²) < 4.78 is 6.28. The van der Waals surface area contributed by atoms with Crippen LogP contribution in [0.25, 0.3) is 0 Å². The number of aliphatic hydroxyl groups is 2. The number of amides is 2. The summed E-state index contributed by atoms with van der Waals surface area (Å²) in [7, 11) is 0. The summed E-state index contributed by atoms with van der Waals surface area (Å²) in [5, 5.41) is 24.0. The van der Waals surface area contributed by atoms with Crippen LogP contribution in [0.4, 0.5) is 0 Å². The van der Waals surface area contributed by atoms with Crippen LogP contribution in [0.5, 0.6) is 5.75 Å². The van der Waals surface area contributed by atoms with Crippen molar-refractivity contribution in [2.24, 2.45) is 23.2 Å². The number of carbonyl (C=O) groups excluding carboxylic acids is 2. The highest BCUT2D eigenvalue weighted by Crippen LogP contribution is 2.61. The van der Waals surface area contributed by atoms with Gasteiger partial charge in [-0.1, -0.05) is 62.4 Å². The van der Waals surface area contributed by atoms with Crippen LogP contribution in [0.15, 0.2) is 66.2 Å². The Labute approximate surface area is 236 Å². The van der Waals surface area contributed by atoms with E-state index in [4.69, 9.17) is 4.74 Å². The molecule has 3 saturated carbocycles. The number of benzene rings is 2. The standard InChI is InChI=1S/C33H40N2O5/c1-33(2)22-13-12-21(25(33)17-22)19-35(28(37)16-20-8-4-3-5-9-20)26-18-24(32(39)34-14-15-36)29-23-10-6-7-11-27(23)40-31(29)30(26)38/h3-11,18,21-22,25-26,29-31,36,38H,12-17,19H2,1-2H3,(H,34,39)/t21-,22-,25-,26+,29-,30-,31-/m0/s1. The number of hydrogen-bond acceptors (Lipinski definition) is 5. The number of para-hydroxylation sites is 1. The zero-order valence-corrected chi connectivity index (χ0v) is 23.3. The van der Waals surface area contributed by atoms with E-state index in [9.17, 15) is 19.8 Å². The van der Waals surface area contributed by atoms with E-state index in [-0.39, 0.29) is 36.8 Å². The number of carbonyl (C=O) groups is 2. The van der Waals surface area contributed by atoms with Gasteiger partial charge in [-0.25, -0.2) is 0 Å². The van der Waals surface area contributed by atoms with E-state index >= 15 is 0 Å². The summed E-state index contributed by atoms with van der Waals surface area (Å²) in [6, 6.07) is 16.5. The van der Waals surface area contributed by atoms with Crippen molar-refractivity contribution in [2.45, 2.75) is 63.7 Å². The van der Waals surface area contributed by atoms with Gasteiger partial charge in [-0.15, -0.1) is 0 Å². The number of nitrogens with one attached hydrogen (secondary N) is 1. The summed E-state index contributed by atoms with van der Waals surface area (Å²) in [6.45, 7) is 5.19. The third kappa shape index (κ3) is 4.63. The molecule has 0 unspecified atom stereocenters. The van der Waals surface area contributed by atoms with Gasteiger partial charge >= 0.3 is 0 Å². The Kier molecular flexibility index (Phi) is 7.21. The zero-order chi connectivity index (χ0) is 28.0. The minimum absolute atomic E-state index is 0.0603. The molecule has 5 aliphatic rings. The predicted octanol–water partition coefficient (Wildman–Crippen LogP) is 3.45. The Morgan fingerprint density at radius 3 is 2.55 bits per heavy atom. The van der Waals surface area contributed by atoms with Crippen molar-refractivity contribution in [3.63, 3.8) is 0 Å². The fraction of sp³-hybridized carbons (Fsp3) is 0.515. The number of nitrogens with zero attached hydrogens (tertiary/aromatic N) is 1. The normalized spacial score (nSPS) is 31.1. The lowest BCUT2D eigenvalue weighted by Crippen LogP contribution is -2.60. The molecule has 212 valence electrons. The molecule has 7 atom stereocenters. The largest absolute Gasteiger partial charge is 0.486 e. The Hall–Kier alpha value is -3.16. The molecule has 7 rings (SSSR count). The van der Waals surface area contributed by atoms with Gasteiger partial charge in [0.15, 0.2) is 0 Å². The highest BCUT2D eigenvalue weighted by Gasteiger charge is 2.56. The molecule has 1 heterocycles. The molecule has 4 aliphatic carbocycles. The summed E-state index contributed by atoms with van der Waals surface area (Å²) >= 11 is 0. The summed E-state index contributed by atoms with van der Waals surface area (Å²) in [5.41, 5.74) is 2.51. The number of ether oxygens (including phenoxy) is 1. The van der Waals surface area contributed by atoms with Crippen LogP contribution in [-0.4, -0.2) is 64.9 Å². The predicted molar refractivity (Wildman–Crippen MR) is 152 cm³/mol. The quantitative estimate of drug-likeness (QED) is 0.473. The van der Waals surface area contributed by atoms with Crippen LogP contribution in [0.3, 0.4) is 0 Å². The fourth-order valence-electron chi connectivity index (χ4n) is 7.89. The topological polar surface area (TPSA) is 99.1 Å². The van der Waals surface area contributed by atoms with Crippen molar-refractivity contribution in [3.05, 3.63) is 77.4 Å². The minimum atomic E-state index is -1.00. The van der Waals surface area contributed by atoms with Gasteiger partial charge in [0.1, 0.15) is 18.0 Å². The van der Waals surface area contributed by atoms with Crippen molar-refractivity contribution in [1.29, 1.82) is 0 Å². The fourth-order valence-corrected chi connectivity index (χ4v) is 7.89. The second-order valence-corrected chi connectivity index (χ2v) is 12.6. The van der Waals surface area contributed by atoms with Crippen molar-refractivity contribution in [1.82, 2.24) is 10.2 Å². The lowest BCUT2D eigenvalue weighted by Gasteiger charge is -2.61.